The SMILES string of the molecule is CC.CC.CCCN(CCCc1ccc(F)cc1)CCc1ccc(N)c(C)c1.CCCN(CCCc1ccc(F)cc1)Cc1ccc(N)cc1. The van der Waals surface area contributed by atoms with Crippen LogP contribution in [0.2, 0.25) is 0 Å². The lowest BCUT2D eigenvalue weighted by Crippen LogP contribution is -2.28. The highest BCUT2D eigenvalue weighted by Crippen LogP contribution is 2.15. The van der Waals surface area contributed by atoms with Crippen molar-refractivity contribution in [2.75, 3.05) is 44.2 Å². The minimum absolute atomic E-state index is 0.162. The second-order valence-electron chi connectivity index (χ2n) is 12.3. The number of hydrogen-bond acceptors (Lipinski definition) is 4. The Labute approximate surface area is 303 Å². The summed E-state index contributed by atoms with van der Waals surface area (Å²) in [6.07, 6.45) is 7.54. The van der Waals surface area contributed by atoms with Crippen molar-refractivity contribution >= 4 is 11.4 Å². The average Bonchev–Trinajstić information content (AvgIpc) is 3.13. The van der Waals surface area contributed by atoms with Crippen molar-refractivity contribution in [3.63, 3.8) is 0 Å². The van der Waals surface area contributed by atoms with E-state index >= 15 is 0 Å². The lowest BCUT2D eigenvalue weighted by atomic mass is 10.1. The van der Waals surface area contributed by atoms with Gasteiger partial charge in [0.05, 0.1) is 0 Å². The average molecular weight is 689 g/mol. The van der Waals surface area contributed by atoms with E-state index in [-0.39, 0.29) is 11.6 Å². The first kappa shape index (κ1) is 44.3. The van der Waals surface area contributed by atoms with E-state index in [0.29, 0.717) is 0 Å². The van der Waals surface area contributed by atoms with Gasteiger partial charge in [0.1, 0.15) is 11.6 Å². The molecule has 0 unspecified atom stereocenters. The van der Waals surface area contributed by atoms with Gasteiger partial charge in [-0.15, -0.1) is 0 Å². The number of halogens is 2. The summed E-state index contributed by atoms with van der Waals surface area (Å²) >= 11 is 0. The molecule has 4 rings (SSSR count). The Morgan fingerprint density at radius 2 is 0.940 bits per heavy atom. The number of hydrogen-bond donors (Lipinski definition) is 2. The molecule has 0 spiro atoms. The van der Waals surface area contributed by atoms with Gasteiger partial charge in [0.25, 0.3) is 0 Å². The summed E-state index contributed by atoms with van der Waals surface area (Å²) in [6, 6.07) is 28.1. The van der Waals surface area contributed by atoms with Crippen molar-refractivity contribution in [3.8, 4) is 0 Å². The van der Waals surface area contributed by atoms with Gasteiger partial charge >= 0.3 is 0 Å². The molecule has 50 heavy (non-hydrogen) atoms. The van der Waals surface area contributed by atoms with Gasteiger partial charge in [0, 0.05) is 24.5 Å². The third-order valence-corrected chi connectivity index (χ3v) is 8.22. The summed E-state index contributed by atoms with van der Waals surface area (Å²) in [7, 11) is 0. The Morgan fingerprint density at radius 1 is 0.500 bits per heavy atom. The molecule has 4 nitrogen and oxygen atoms in total. The molecule has 0 atom stereocenters. The molecular formula is C44H66F2N4. The molecular weight excluding hydrogens is 623 g/mol. The zero-order chi connectivity index (χ0) is 37.1. The predicted octanol–water partition coefficient (Wildman–Crippen LogP) is 10.9. The van der Waals surface area contributed by atoms with Crippen LogP contribution in [0.5, 0.6) is 0 Å². The second kappa shape index (κ2) is 27.0. The standard InChI is InChI=1S/C21H29FN2.C19H25FN2.2C2H6/c1-3-13-24(14-4-5-18-6-9-20(22)10-7-18)15-12-19-8-11-21(23)17(2)16-19;1-2-13-22(15-17-7-11-19(21)12-8-17)14-3-4-16-5-9-18(20)10-6-16;2*1-2/h6-11,16H,3-5,12-15,23H2,1-2H3;5-12H,2-4,13-15,21H2,1H3;2*1-2H3. The third kappa shape index (κ3) is 18.9. The van der Waals surface area contributed by atoms with Gasteiger partial charge in [-0.1, -0.05) is 90.1 Å². The Hall–Kier alpha value is -3.74. The van der Waals surface area contributed by atoms with Gasteiger partial charge < -0.3 is 16.4 Å². The summed E-state index contributed by atoms with van der Waals surface area (Å²) in [5, 5.41) is 0. The normalized spacial score (nSPS) is 10.5. The maximum Gasteiger partial charge on any atom is 0.123 e. The van der Waals surface area contributed by atoms with Crippen LogP contribution in [-0.2, 0) is 25.8 Å². The van der Waals surface area contributed by atoms with Crippen molar-refractivity contribution < 1.29 is 8.78 Å². The van der Waals surface area contributed by atoms with E-state index in [1.165, 1.54) is 34.4 Å². The number of nitrogen functional groups attached to an aromatic ring is 2. The number of nitrogens with zero attached hydrogens (tertiary/aromatic N) is 2. The molecule has 0 aliphatic rings. The highest BCUT2D eigenvalue weighted by molar-refractivity contribution is 5.47. The molecule has 4 aromatic rings. The molecule has 0 saturated heterocycles. The number of benzene rings is 4. The van der Waals surface area contributed by atoms with Gasteiger partial charge in [-0.3, -0.25) is 4.90 Å². The summed E-state index contributed by atoms with van der Waals surface area (Å²) < 4.78 is 25.8. The fourth-order valence-corrected chi connectivity index (χ4v) is 5.62. The van der Waals surface area contributed by atoms with Crippen molar-refractivity contribution in [2.24, 2.45) is 0 Å². The lowest BCUT2D eigenvalue weighted by Gasteiger charge is -2.22. The van der Waals surface area contributed by atoms with Gasteiger partial charge in [-0.05, 0) is 148 Å². The summed E-state index contributed by atoms with van der Waals surface area (Å²) in [5.41, 5.74) is 19.5. The number of rotatable bonds is 17. The summed E-state index contributed by atoms with van der Waals surface area (Å²) in [4.78, 5) is 4.99. The molecule has 0 aliphatic carbocycles. The van der Waals surface area contributed by atoms with Gasteiger partial charge in [-0.25, -0.2) is 8.78 Å². The van der Waals surface area contributed by atoms with Gasteiger partial charge in [-0.2, -0.15) is 0 Å². The van der Waals surface area contributed by atoms with Crippen LogP contribution in [0, 0.1) is 18.6 Å². The van der Waals surface area contributed by atoms with Crippen LogP contribution >= 0.6 is 0 Å². The molecule has 276 valence electrons. The minimum Gasteiger partial charge on any atom is -0.399 e. The summed E-state index contributed by atoms with van der Waals surface area (Å²) in [6.45, 7) is 20.9. The molecule has 0 heterocycles. The van der Waals surface area contributed by atoms with Gasteiger partial charge in [0.2, 0.25) is 0 Å². The second-order valence-corrected chi connectivity index (χ2v) is 12.3. The highest BCUT2D eigenvalue weighted by atomic mass is 19.1. The fraction of sp³-hybridized carbons (Fsp3) is 0.455. The van der Waals surface area contributed by atoms with Crippen molar-refractivity contribution in [1.82, 2.24) is 9.80 Å². The quantitative estimate of drug-likeness (QED) is 0.108. The van der Waals surface area contributed by atoms with Crippen molar-refractivity contribution in [1.29, 1.82) is 0 Å². The molecule has 0 saturated carbocycles. The van der Waals surface area contributed by atoms with E-state index in [2.05, 4.69) is 54.8 Å². The predicted molar refractivity (Wildman–Crippen MR) is 215 cm³/mol. The topological polar surface area (TPSA) is 58.5 Å². The monoisotopic (exact) mass is 689 g/mol. The van der Waals surface area contributed by atoms with E-state index in [0.717, 1.165) is 101 Å². The van der Waals surface area contributed by atoms with Crippen LogP contribution in [-0.4, -0.2) is 42.5 Å². The Bertz CT molecular complexity index is 1390. The van der Waals surface area contributed by atoms with E-state index in [1.54, 1.807) is 12.1 Å². The first-order valence-electron chi connectivity index (χ1n) is 18.9. The Balaban J connectivity index is 0.000000456. The number of nitrogens with two attached hydrogens (primary N) is 2. The number of anilines is 2. The maximum atomic E-state index is 12.9. The maximum absolute atomic E-state index is 12.9. The molecule has 0 bridgehead atoms. The van der Waals surface area contributed by atoms with Crippen LogP contribution in [0.25, 0.3) is 0 Å². The van der Waals surface area contributed by atoms with Crippen molar-refractivity contribution in [3.05, 3.63) is 130 Å². The van der Waals surface area contributed by atoms with Crippen LogP contribution in [0.1, 0.15) is 95.0 Å². The lowest BCUT2D eigenvalue weighted by molar-refractivity contribution is 0.262. The minimum atomic E-state index is -0.167. The molecule has 0 radical (unpaired) electrons. The van der Waals surface area contributed by atoms with Gasteiger partial charge in [0.15, 0.2) is 0 Å². The molecule has 0 aliphatic heterocycles. The molecule has 4 N–H and O–H groups in total. The van der Waals surface area contributed by atoms with E-state index in [1.807, 2.05) is 70.2 Å². The first-order chi connectivity index (χ1) is 24.2. The molecule has 4 aromatic carbocycles. The zero-order valence-electron chi connectivity index (χ0n) is 32.2. The van der Waals surface area contributed by atoms with Crippen LogP contribution in [0.15, 0.2) is 91.0 Å². The van der Waals surface area contributed by atoms with Crippen molar-refractivity contribution in [2.45, 2.75) is 100.0 Å². The molecule has 0 amide bonds. The zero-order valence-corrected chi connectivity index (χ0v) is 32.2. The molecule has 6 heteroatoms. The van der Waals surface area contributed by atoms with E-state index < -0.39 is 0 Å². The van der Waals surface area contributed by atoms with E-state index in [9.17, 15) is 8.78 Å². The van der Waals surface area contributed by atoms with E-state index in [4.69, 9.17) is 11.5 Å². The highest BCUT2D eigenvalue weighted by Gasteiger charge is 2.07. The molecule has 0 fully saturated rings. The first-order valence-corrected chi connectivity index (χ1v) is 18.9. The fourth-order valence-electron chi connectivity index (χ4n) is 5.62. The Morgan fingerprint density at radius 3 is 1.42 bits per heavy atom. The number of aryl methyl sites for hydroxylation is 3. The smallest absolute Gasteiger partial charge is 0.123 e. The van der Waals surface area contributed by atoms with Crippen LogP contribution < -0.4 is 11.5 Å². The molecule has 0 aromatic heterocycles. The third-order valence-electron chi connectivity index (χ3n) is 8.22. The van der Waals surface area contributed by atoms with Crippen LogP contribution in [0.3, 0.4) is 0 Å². The van der Waals surface area contributed by atoms with Crippen LogP contribution in [0.4, 0.5) is 20.2 Å². The Kier molecular flexibility index (Phi) is 23.9. The summed E-state index contributed by atoms with van der Waals surface area (Å²) in [5.74, 6) is -0.329. The largest absolute Gasteiger partial charge is 0.399 e.